The number of halogens is 1. The van der Waals surface area contributed by atoms with E-state index in [1.807, 2.05) is 0 Å². The molecule has 0 saturated carbocycles. The van der Waals surface area contributed by atoms with Crippen molar-refractivity contribution in [3.8, 4) is 0 Å². The minimum atomic E-state index is -0.563. The third kappa shape index (κ3) is 1.55. The van der Waals surface area contributed by atoms with Crippen LogP contribution < -0.4 is 11.1 Å². The van der Waals surface area contributed by atoms with Crippen LogP contribution in [-0.4, -0.2) is 6.03 Å². The molecule has 1 atom stereocenters. The van der Waals surface area contributed by atoms with Crippen LogP contribution in [0.5, 0.6) is 0 Å². The first-order valence-corrected chi connectivity index (χ1v) is 4.51. The van der Waals surface area contributed by atoms with E-state index in [-0.39, 0.29) is 11.9 Å². The Morgan fingerprint density at radius 2 is 2.36 bits per heavy atom. The number of carbonyl (C=O) groups excluding carboxylic acids is 1. The Labute approximate surface area is 81.1 Å². The number of carbonyl (C=O) groups is 1. The van der Waals surface area contributed by atoms with Gasteiger partial charge in [-0.1, -0.05) is 6.07 Å². The van der Waals surface area contributed by atoms with E-state index in [0.29, 0.717) is 0 Å². The van der Waals surface area contributed by atoms with Gasteiger partial charge in [0.15, 0.2) is 0 Å². The van der Waals surface area contributed by atoms with Gasteiger partial charge in [0, 0.05) is 0 Å². The van der Waals surface area contributed by atoms with E-state index in [4.69, 9.17) is 5.73 Å². The highest BCUT2D eigenvalue weighted by Crippen LogP contribution is 2.31. The molecular formula is C10H11FN2O. The molecule has 1 aliphatic rings. The van der Waals surface area contributed by atoms with Gasteiger partial charge in [-0.25, -0.2) is 9.18 Å². The summed E-state index contributed by atoms with van der Waals surface area (Å²) in [6.07, 6.45) is 1.66. The lowest BCUT2D eigenvalue weighted by Gasteiger charge is -2.11. The lowest BCUT2D eigenvalue weighted by Crippen LogP contribution is -2.32. The molecule has 0 saturated heterocycles. The molecule has 0 bridgehead atoms. The van der Waals surface area contributed by atoms with E-state index in [9.17, 15) is 9.18 Å². The number of nitrogens with one attached hydrogen (secondary N) is 1. The molecule has 0 radical (unpaired) electrons. The van der Waals surface area contributed by atoms with Crippen LogP contribution in [0.3, 0.4) is 0 Å². The van der Waals surface area contributed by atoms with Crippen molar-refractivity contribution in [2.75, 3.05) is 0 Å². The molecule has 1 aromatic carbocycles. The van der Waals surface area contributed by atoms with Gasteiger partial charge >= 0.3 is 6.03 Å². The van der Waals surface area contributed by atoms with Crippen molar-refractivity contribution in [3.05, 3.63) is 35.1 Å². The number of hydrogen-bond acceptors (Lipinski definition) is 1. The second-order valence-electron chi connectivity index (χ2n) is 3.44. The molecule has 0 aromatic heterocycles. The van der Waals surface area contributed by atoms with Crippen LogP contribution in [0.25, 0.3) is 0 Å². The third-order valence-corrected chi connectivity index (χ3v) is 2.50. The molecule has 1 aliphatic carbocycles. The van der Waals surface area contributed by atoms with Crippen LogP contribution in [-0.2, 0) is 6.42 Å². The second-order valence-corrected chi connectivity index (χ2v) is 3.44. The number of rotatable bonds is 1. The number of primary amides is 1. The summed E-state index contributed by atoms with van der Waals surface area (Å²) in [7, 11) is 0. The fraction of sp³-hybridized carbons (Fsp3) is 0.300. The molecule has 0 fully saturated rings. The van der Waals surface area contributed by atoms with Crippen LogP contribution in [0, 0.1) is 5.82 Å². The van der Waals surface area contributed by atoms with Gasteiger partial charge in [-0.05, 0) is 36.1 Å². The van der Waals surface area contributed by atoms with Crippen molar-refractivity contribution in [1.82, 2.24) is 5.32 Å². The Hall–Kier alpha value is -1.58. The third-order valence-electron chi connectivity index (χ3n) is 2.50. The molecule has 2 amide bonds. The molecule has 3 N–H and O–H groups in total. The van der Waals surface area contributed by atoms with Gasteiger partial charge in [-0.15, -0.1) is 0 Å². The maximum Gasteiger partial charge on any atom is 0.312 e. The van der Waals surface area contributed by atoms with Gasteiger partial charge in [0.05, 0.1) is 6.04 Å². The van der Waals surface area contributed by atoms with E-state index in [2.05, 4.69) is 5.32 Å². The smallest absolute Gasteiger partial charge is 0.312 e. The maximum absolute atomic E-state index is 12.9. The van der Waals surface area contributed by atoms with E-state index < -0.39 is 6.03 Å². The van der Waals surface area contributed by atoms with Gasteiger partial charge in [0.1, 0.15) is 5.82 Å². The molecule has 14 heavy (non-hydrogen) atoms. The fourth-order valence-corrected chi connectivity index (χ4v) is 1.89. The summed E-state index contributed by atoms with van der Waals surface area (Å²) in [6.45, 7) is 0. The zero-order valence-corrected chi connectivity index (χ0v) is 7.59. The Balaban J connectivity index is 2.28. The average molecular weight is 194 g/mol. The Kier molecular flexibility index (Phi) is 2.11. The molecule has 74 valence electrons. The van der Waals surface area contributed by atoms with E-state index in [1.165, 1.54) is 12.1 Å². The standard InChI is InChI=1S/C10H11FN2O/c11-7-3-1-6-2-4-9(8(6)5-7)13-10(12)14/h1,3,5,9H,2,4H2,(H3,12,13,14). The van der Waals surface area contributed by atoms with Crippen molar-refractivity contribution < 1.29 is 9.18 Å². The molecule has 0 aliphatic heterocycles. The van der Waals surface area contributed by atoms with Crippen molar-refractivity contribution in [1.29, 1.82) is 0 Å². The molecular weight excluding hydrogens is 183 g/mol. The number of hydrogen-bond donors (Lipinski definition) is 2. The zero-order valence-electron chi connectivity index (χ0n) is 7.59. The Morgan fingerprint density at radius 3 is 3.07 bits per heavy atom. The van der Waals surface area contributed by atoms with Crippen LogP contribution in [0.4, 0.5) is 9.18 Å². The predicted octanol–water partition coefficient (Wildman–Crippen LogP) is 1.48. The van der Waals surface area contributed by atoms with E-state index in [1.54, 1.807) is 6.07 Å². The summed E-state index contributed by atoms with van der Waals surface area (Å²) >= 11 is 0. The fourth-order valence-electron chi connectivity index (χ4n) is 1.89. The SMILES string of the molecule is NC(=O)NC1CCc2ccc(F)cc21. The first kappa shape index (κ1) is 8.99. The number of urea groups is 1. The first-order valence-electron chi connectivity index (χ1n) is 4.51. The lowest BCUT2D eigenvalue weighted by atomic mass is 10.1. The van der Waals surface area contributed by atoms with Crippen LogP contribution in [0.1, 0.15) is 23.6 Å². The van der Waals surface area contributed by atoms with Gasteiger partial charge in [-0.3, -0.25) is 0 Å². The highest BCUT2D eigenvalue weighted by molar-refractivity contribution is 5.72. The van der Waals surface area contributed by atoms with E-state index in [0.717, 1.165) is 24.0 Å². The molecule has 0 spiro atoms. The highest BCUT2D eigenvalue weighted by atomic mass is 19.1. The Bertz CT molecular complexity index is 378. The zero-order chi connectivity index (χ0) is 10.1. The number of aryl methyl sites for hydroxylation is 1. The quantitative estimate of drug-likeness (QED) is 0.699. The van der Waals surface area contributed by atoms with Crippen molar-refractivity contribution in [2.24, 2.45) is 5.73 Å². The van der Waals surface area contributed by atoms with E-state index >= 15 is 0 Å². The van der Waals surface area contributed by atoms with Gasteiger partial charge in [0.2, 0.25) is 0 Å². The summed E-state index contributed by atoms with van der Waals surface area (Å²) in [5, 5.41) is 2.60. The lowest BCUT2D eigenvalue weighted by molar-refractivity contribution is 0.245. The average Bonchev–Trinajstić information content (AvgIpc) is 2.47. The summed E-state index contributed by atoms with van der Waals surface area (Å²) in [5.41, 5.74) is 6.96. The summed E-state index contributed by atoms with van der Waals surface area (Å²) < 4.78 is 12.9. The van der Waals surface area contributed by atoms with Crippen LogP contribution in [0.15, 0.2) is 18.2 Å². The maximum atomic E-state index is 12.9. The molecule has 3 nitrogen and oxygen atoms in total. The minimum absolute atomic E-state index is 0.127. The largest absolute Gasteiger partial charge is 0.352 e. The van der Waals surface area contributed by atoms with Crippen molar-refractivity contribution in [2.45, 2.75) is 18.9 Å². The molecule has 2 rings (SSSR count). The normalized spacial score (nSPS) is 19.1. The van der Waals surface area contributed by atoms with Crippen LogP contribution in [0.2, 0.25) is 0 Å². The number of amides is 2. The number of fused-ring (bicyclic) bond motifs is 1. The minimum Gasteiger partial charge on any atom is -0.352 e. The summed E-state index contributed by atoms with van der Waals surface area (Å²) in [6, 6.07) is 3.96. The first-order chi connectivity index (χ1) is 6.66. The molecule has 1 unspecified atom stereocenters. The number of benzene rings is 1. The number of nitrogens with two attached hydrogens (primary N) is 1. The van der Waals surface area contributed by atoms with Crippen molar-refractivity contribution in [3.63, 3.8) is 0 Å². The monoisotopic (exact) mass is 194 g/mol. The predicted molar refractivity (Wildman–Crippen MR) is 50.2 cm³/mol. The molecule has 4 heteroatoms. The summed E-state index contributed by atoms with van der Waals surface area (Å²) in [4.78, 5) is 10.7. The van der Waals surface area contributed by atoms with Gasteiger partial charge in [-0.2, -0.15) is 0 Å². The van der Waals surface area contributed by atoms with Crippen molar-refractivity contribution >= 4 is 6.03 Å². The molecule has 0 heterocycles. The van der Waals surface area contributed by atoms with Crippen LogP contribution >= 0.6 is 0 Å². The van der Waals surface area contributed by atoms with Gasteiger partial charge < -0.3 is 11.1 Å². The molecule has 1 aromatic rings. The second kappa shape index (κ2) is 3.29. The van der Waals surface area contributed by atoms with Gasteiger partial charge in [0.25, 0.3) is 0 Å². The Morgan fingerprint density at radius 1 is 1.57 bits per heavy atom. The topological polar surface area (TPSA) is 55.1 Å². The highest BCUT2D eigenvalue weighted by Gasteiger charge is 2.23. The summed E-state index contributed by atoms with van der Waals surface area (Å²) in [5.74, 6) is -0.276.